The van der Waals surface area contributed by atoms with E-state index in [-0.39, 0.29) is 11.9 Å². The zero-order valence-electron chi connectivity index (χ0n) is 10.6. The monoisotopic (exact) mass is 301 g/mol. The first kappa shape index (κ1) is 14.3. The summed E-state index contributed by atoms with van der Waals surface area (Å²) in [4.78, 5) is 12.0. The average molecular weight is 302 g/mol. The van der Waals surface area contributed by atoms with Crippen LogP contribution >= 0.6 is 15.9 Å². The second-order valence-electron chi connectivity index (χ2n) is 4.15. The number of carbonyl (C=O) groups excluding carboxylic acids is 1. The van der Waals surface area contributed by atoms with E-state index < -0.39 is 0 Å². The number of nitrogens with zero attached hydrogens (tertiary/aromatic N) is 1. The minimum Gasteiger partial charge on any atom is -0.349 e. The van der Waals surface area contributed by atoms with Crippen molar-refractivity contribution in [2.45, 2.75) is 26.8 Å². The first-order valence-corrected chi connectivity index (χ1v) is 6.71. The van der Waals surface area contributed by atoms with Gasteiger partial charge < -0.3 is 15.2 Å². The molecule has 0 aliphatic heterocycles. The molecule has 0 radical (unpaired) electrons. The summed E-state index contributed by atoms with van der Waals surface area (Å²) >= 11 is 3.40. The Balaban J connectivity index is 2.62. The second-order valence-corrected chi connectivity index (χ2v) is 5.07. The van der Waals surface area contributed by atoms with Gasteiger partial charge in [0, 0.05) is 29.8 Å². The summed E-state index contributed by atoms with van der Waals surface area (Å²) in [6.07, 6.45) is 1.93. The smallest absolute Gasteiger partial charge is 0.268 e. The van der Waals surface area contributed by atoms with Gasteiger partial charge in [-0.3, -0.25) is 4.79 Å². The third kappa shape index (κ3) is 4.16. The van der Waals surface area contributed by atoms with Gasteiger partial charge in [0.25, 0.3) is 5.91 Å². The summed E-state index contributed by atoms with van der Waals surface area (Å²) in [5, 5.41) is 6.07. The molecule has 0 atom stereocenters. The number of amides is 1. The molecule has 0 saturated carbocycles. The number of halogens is 1. The van der Waals surface area contributed by atoms with Crippen LogP contribution in [-0.2, 0) is 0 Å². The molecule has 4 nitrogen and oxygen atoms in total. The van der Waals surface area contributed by atoms with E-state index in [9.17, 15) is 4.79 Å². The van der Waals surface area contributed by atoms with E-state index in [0.29, 0.717) is 12.2 Å². The summed E-state index contributed by atoms with van der Waals surface area (Å²) in [6, 6.07) is 2.12. The van der Waals surface area contributed by atoms with Gasteiger partial charge >= 0.3 is 0 Å². The van der Waals surface area contributed by atoms with E-state index in [1.165, 1.54) is 0 Å². The van der Waals surface area contributed by atoms with Gasteiger partial charge in [0.2, 0.25) is 0 Å². The molecule has 0 bridgehead atoms. The lowest BCUT2D eigenvalue weighted by Crippen LogP contribution is -2.33. The van der Waals surface area contributed by atoms with Crippen molar-refractivity contribution >= 4 is 21.8 Å². The molecule has 96 valence electrons. The fourth-order valence-electron chi connectivity index (χ4n) is 1.59. The number of likely N-dealkylation sites (N-methyl/N-ethyl adjacent to an activating group) is 1. The highest BCUT2D eigenvalue weighted by atomic mass is 79.9. The molecule has 1 amide bonds. The topological polar surface area (TPSA) is 46.1 Å². The van der Waals surface area contributed by atoms with Gasteiger partial charge in [-0.05, 0) is 42.4 Å². The summed E-state index contributed by atoms with van der Waals surface area (Å²) in [5.41, 5.74) is 0.698. The minimum absolute atomic E-state index is 0.0256. The molecular formula is C12H20BrN3O. The van der Waals surface area contributed by atoms with Crippen molar-refractivity contribution in [3.63, 3.8) is 0 Å². The second kappa shape index (κ2) is 6.81. The van der Waals surface area contributed by atoms with E-state index in [4.69, 9.17) is 0 Å². The molecule has 1 aromatic heterocycles. The number of aromatic nitrogens is 1. The SMILES string of the molecule is CCNCCNC(=O)c1cc(Br)cn1C(C)C. The van der Waals surface area contributed by atoms with Crippen LogP contribution in [-0.4, -0.2) is 30.1 Å². The van der Waals surface area contributed by atoms with Crippen LogP contribution in [0.15, 0.2) is 16.7 Å². The Hall–Kier alpha value is -0.810. The third-order valence-electron chi connectivity index (χ3n) is 2.44. The predicted molar refractivity (Wildman–Crippen MR) is 73.4 cm³/mol. The molecule has 2 N–H and O–H groups in total. The third-order valence-corrected chi connectivity index (χ3v) is 2.88. The normalized spacial score (nSPS) is 10.9. The fourth-order valence-corrected chi connectivity index (χ4v) is 2.02. The number of carbonyl (C=O) groups is 1. The summed E-state index contributed by atoms with van der Waals surface area (Å²) in [6.45, 7) is 8.52. The minimum atomic E-state index is -0.0256. The van der Waals surface area contributed by atoms with Crippen molar-refractivity contribution in [2.24, 2.45) is 0 Å². The lowest BCUT2D eigenvalue weighted by Gasteiger charge is -2.12. The Kier molecular flexibility index (Phi) is 5.71. The molecule has 0 aromatic carbocycles. The van der Waals surface area contributed by atoms with Crippen LogP contribution in [0, 0.1) is 0 Å². The highest BCUT2D eigenvalue weighted by molar-refractivity contribution is 9.10. The highest BCUT2D eigenvalue weighted by Crippen LogP contribution is 2.19. The first-order chi connectivity index (χ1) is 8.06. The standard InChI is InChI=1S/C12H20BrN3O/c1-4-14-5-6-15-12(17)11-7-10(13)8-16(11)9(2)3/h7-9,14H,4-6H2,1-3H3,(H,15,17). The summed E-state index contributed by atoms with van der Waals surface area (Å²) in [5.74, 6) is -0.0256. The Labute approximate surface area is 111 Å². The Morgan fingerprint density at radius 2 is 2.18 bits per heavy atom. The number of hydrogen-bond acceptors (Lipinski definition) is 2. The van der Waals surface area contributed by atoms with E-state index >= 15 is 0 Å². The van der Waals surface area contributed by atoms with Gasteiger partial charge in [0.15, 0.2) is 0 Å². The van der Waals surface area contributed by atoms with Crippen molar-refractivity contribution in [2.75, 3.05) is 19.6 Å². The van der Waals surface area contributed by atoms with Gasteiger partial charge in [-0.1, -0.05) is 6.92 Å². The predicted octanol–water partition coefficient (Wildman–Crippen LogP) is 2.17. The Morgan fingerprint density at radius 1 is 1.47 bits per heavy atom. The van der Waals surface area contributed by atoms with Crippen LogP contribution in [0.5, 0.6) is 0 Å². The lowest BCUT2D eigenvalue weighted by molar-refractivity contribution is 0.0943. The van der Waals surface area contributed by atoms with Gasteiger partial charge in [-0.25, -0.2) is 0 Å². The van der Waals surface area contributed by atoms with E-state index in [0.717, 1.165) is 17.6 Å². The van der Waals surface area contributed by atoms with Gasteiger partial charge in [-0.15, -0.1) is 0 Å². The molecule has 17 heavy (non-hydrogen) atoms. The maximum absolute atomic E-state index is 12.0. The van der Waals surface area contributed by atoms with Crippen LogP contribution in [0.25, 0.3) is 0 Å². The largest absolute Gasteiger partial charge is 0.349 e. The van der Waals surface area contributed by atoms with E-state index in [1.54, 1.807) is 0 Å². The summed E-state index contributed by atoms with van der Waals surface area (Å²) in [7, 11) is 0. The molecule has 5 heteroatoms. The average Bonchev–Trinajstić information content (AvgIpc) is 2.66. The van der Waals surface area contributed by atoms with E-state index in [1.807, 2.05) is 23.8 Å². The lowest BCUT2D eigenvalue weighted by atomic mass is 10.3. The van der Waals surface area contributed by atoms with Crippen LogP contribution in [0.3, 0.4) is 0 Å². The van der Waals surface area contributed by atoms with Crippen molar-refractivity contribution < 1.29 is 4.79 Å². The molecule has 0 spiro atoms. The fraction of sp³-hybridized carbons (Fsp3) is 0.583. The molecule has 0 aliphatic carbocycles. The van der Waals surface area contributed by atoms with Gasteiger partial charge in [-0.2, -0.15) is 0 Å². The van der Waals surface area contributed by atoms with Crippen LogP contribution in [0.2, 0.25) is 0 Å². The highest BCUT2D eigenvalue weighted by Gasteiger charge is 2.14. The number of hydrogen-bond donors (Lipinski definition) is 2. The van der Waals surface area contributed by atoms with Gasteiger partial charge in [0.05, 0.1) is 0 Å². The Morgan fingerprint density at radius 3 is 2.76 bits per heavy atom. The molecule has 1 rings (SSSR count). The molecule has 0 unspecified atom stereocenters. The van der Waals surface area contributed by atoms with Crippen LogP contribution in [0.1, 0.15) is 37.3 Å². The van der Waals surface area contributed by atoms with Crippen LogP contribution < -0.4 is 10.6 Å². The molecule has 0 saturated heterocycles. The van der Waals surface area contributed by atoms with Crippen LogP contribution in [0.4, 0.5) is 0 Å². The van der Waals surface area contributed by atoms with Gasteiger partial charge in [0.1, 0.15) is 5.69 Å². The zero-order valence-corrected chi connectivity index (χ0v) is 12.2. The maximum Gasteiger partial charge on any atom is 0.268 e. The van der Waals surface area contributed by atoms with Crippen molar-refractivity contribution in [1.29, 1.82) is 0 Å². The Bertz CT molecular complexity index is 374. The zero-order chi connectivity index (χ0) is 12.8. The quantitative estimate of drug-likeness (QED) is 0.791. The number of nitrogens with one attached hydrogen (secondary N) is 2. The molecule has 1 heterocycles. The molecular weight excluding hydrogens is 282 g/mol. The van der Waals surface area contributed by atoms with Crippen molar-refractivity contribution in [3.05, 3.63) is 22.4 Å². The van der Waals surface area contributed by atoms with Crippen molar-refractivity contribution in [1.82, 2.24) is 15.2 Å². The first-order valence-electron chi connectivity index (χ1n) is 5.92. The molecule has 0 aliphatic rings. The molecule has 1 aromatic rings. The van der Waals surface area contributed by atoms with Crippen molar-refractivity contribution in [3.8, 4) is 0 Å². The summed E-state index contributed by atoms with van der Waals surface area (Å²) < 4.78 is 2.90. The maximum atomic E-state index is 12.0. The van der Waals surface area contributed by atoms with E-state index in [2.05, 4.69) is 40.4 Å². The number of rotatable bonds is 6. The molecule has 0 fully saturated rings.